The van der Waals surface area contributed by atoms with Gasteiger partial charge in [-0.05, 0) is 38.3 Å². The highest BCUT2D eigenvalue weighted by Crippen LogP contribution is 2.28. The minimum atomic E-state index is -1.56. The van der Waals surface area contributed by atoms with Gasteiger partial charge in [0.25, 0.3) is 0 Å². The summed E-state index contributed by atoms with van der Waals surface area (Å²) >= 11 is 0. The first-order valence-electron chi connectivity index (χ1n) is 21.6. The topological polar surface area (TPSA) is 184 Å². The van der Waals surface area contributed by atoms with Crippen LogP contribution in [0, 0.1) is 0 Å². The van der Waals surface area contributed by atoms with E-state index in [0.717, 1.165) is 57.3 Å². The number of aryl methyl sites for hydroxylation is 1. The predicted molar refractivity (Wildman–Crippen MR) is 209 cm³/mol. The Morgan fingerprint density at radius 1 is 0.774 bits per heavy atom. The standard InChI is InChI=1S/C41H78N4O8/c1-2-3-4-5-6-7-8-9-10-14-17-20-23-35(47)37(48)33(31-52-41-40(51)39(50)38(49)36(30-46)53-41)34-29-32(43-44-34)22-19-16-13-11-12-15-18-21-26-45-27-24-42-25-28-45/h29,33,35-42,46-51H,2-28,30-31H2,1H3,(H,43,44)/t33-,35-,36?,37+,38?,39?,40?,41?/m1/s1. The molecular weight excluding hydrogens is 676 g/mol. The number of aliphatic hydroxyl groups excluding tert-OH is 6. The van der Waals surface area contributed by atoms with Crippen LogP contribution in [-0.2, 0) is 15.9 Å². The van der Waals surface area contributed by atoms with Crippen molar-refractivity contribution in [2.75, 3.05) is 45.9 Å². The molecular formula is C41H78N4O8. The fourth-order valence-corrected chi connectivity index (χ4v) is 7.74. The number of aromatic nitrogens is 2. The lowest BCUT2D eigenvalue weighted by Crippen LogP contribution is -2.59. The highest BCUT2D eigenvalue weighted by Gasteiger charge is 2.44. The van der Waals surface area contributed by atoms with Crippen LogP contribution in [0.2, 0.25) is 0 Å². The van der Waals surface area contributed by atoms with Crippen molar-refractivity contribution in [1.82, 2.24) is 20.4 Å². The van der Waals surface area contributed by atoms with Crippen LogP contribution in [0.4, 0.5) is 0 Å². The fourth-order valence-electron chi connectivity index (χ4n) is 7.74. The van der Waals surface area contributed by atoms with Gasteiger partial charge in [0.1, 0.15) is 24.4 Å². The Hall–Kier alpha value is -1.19. The second kappa shape index (κ2) is 28.2. The summed E-state index contributed by atoms with van der Waals surface area (Å²) in [6.07, 6.45) is 16.5. The van der Waals surface area contributed by atoms with Crippen molar-refractivity contribution >= 4 is 0 Å². The van der Waals surface area contributed by atoms with Crippen molar-refractivity contribution in [3.05, 3.63) is 17.5 Å². The Kier molecular flexibility index (Phi) is 24.6. The molecule has 12 nitrogen and oxygen atoms in total. The number of nitrogens with one attached hydrogen (secondary N) is 2. The maximum Gasteiger partial charge on any atom is 0.186 e. The summed E-state index contributed by atoms with van der Waals surface area (Å²) in [5, 5.41) is 74.0. The van der Waals surface area contributed by atoms with Crippen molar-refractivity contribution in [1.29, 1.82) is 0 Å². The lowest BCUT2D eigenvalue weighted by molar-refractivity contribution is -0.303. The van der Waals surface area contributed by atoms with E-state index < -0.39 is 55.4 Å². The SMILES string of the molecule is CCCCCCCCCCCCCC[C@@H](O)[C@@H](O)[C@H](COC1OC(CO)C(O)C(O)C1O)c1cc(CCCCCCCCCCN2CCNCC2)[nH]n1. The van der Waals surface area contributed by atoms with E-state index in [1.165, 1.54) is 116 Å². The minimum absolute atomic E-state index is 0.154. The van der Waals surface area contributed by atoms with Crippen LogP contribution in [-0.4, -0.2) is 135 Å². The number of rotatable bonds is 31. The summed E-state index contributed by atoms with van der Waals surface area (Å²) in [6, 6.07) is 1.92. The van der Waals surface area contributed by atoms with Crippen LogP contribution in [0.25, 0.3) is 0 Å². The number of aliphatic hydroxyl groups is 6. The average molecular weight is 755 g/mol. The molecule has 1 aromatic heterocycles. The smallest absolute Gasteiger partial charge is 0.186 e. The van der Waals surface area contributed by atoms with Gasteiger partial charge in [-0.15, -0.1) is 0 Å². The molecule has 8 N–H and O–H groups in total. The quantitative estimate of drug-likeness (QED) is 0.0493. The maximum absolute atomic E-state index is 11.4. The van der Waals surface area contributed by atoms with E-state index >= 15 is 0 Å². The van der Waals surface area contributed by atoms with Gasteiger partial charge in [0, 0.05) is 31.9 Å². The lowest BCUT2D eigenvalue weighted by Gasteiger charge is -2.40. The van der Waals surface area contributed by atoms with Crippen molar-refractivity contribution in [3.63, 3.8) is 0 Å². The van der Waals surface area contributed by atoms with E-state index in [-0.39, 0.29) is 6.61 Å². The molecule has 2 aliphatic heterocycles. The molecule has 8 atom stereocenters. The first-order chi connectivity index (χ1) is 25.8. The Morgan fingerprint density at radius 3 is 1.94 bits per heavy atom. The molecule has 0 spiro atoms. The monoisotopic (exact) mass is 755 g/mol. The van der Waals surface area contributed by atoms with Gasteiger partial charge in [-0.2, -0.15) is 5.10 Å². The first-order valence-corrected chi connectivity index (χ1v) is 21.6. The molecule has 5 unspecified atom stereocenters. The van der Waals surface area contributed by atoms with E-state index in [4.69, 9.17) is 9.47 Å². The zero-order valence-corrected chi connectivity index (χ0v) is 33.1. The van der Waals surface area contributed by atoms with Gasteiger partial charge in [0.2, 0.25) is 0 Å². The molecule has 0 saturated carbocycles. The van der Waals surface area contributed by atoms with Crippen LogP contribution >= 0.6 is 0 Å². The Bertz CT molecular complexity index is 1010. The van der Waals surface area contributed by atoms with Gasteiger partial charge in [-0.3, -0.25) is 5.10 Å². The first kappa shape index (κ1) is 46.2. The van der Waals surface area contributed by atoms with Crippen LogP contribution in [0.5, 0.6) is 0 Å². The largest absolute Gasteiger partial charge is 0.394 e. The third-order valence-electron chi connectivity index (χ3n) is 11.4. The Morgan fingerprint density at radius 2 is 1.34 bits per heavy atom. The third-order valence-corrected chi connectivity index (χ3v) is 11.4. The van der Waals surface area contributed by atoms with E-state index in [1.54, 1.807) is 0 Å². The summed E-state index contributed by atoms with van der Waals surface area (Å²) in [5.74, 6) is -0.730. The van der Waals surface area contributed by atoms with Gasteiger partial charge in [-0.25, -0.2) is 0 Å². The van der Waals surface area contributed by atoms with Crippen molar-refractivity contribution < 1.29 is 40.1 Å². The molecule has 310 valence electrons. The minimum Gasteiger partial charge on any atom is -0.394 e. The summed E-state index contributed by atoms with van der Waals surface area (Å²) in [6.45, 7) is 7.34. The lowest BCUT2D eigenvalue weighted by atomic mass is 9.91. The summed E-state index contributed by atoms with van der Waals surface area (Å²) < 4.78 is 11.4. The third kappa shape index (κ3) is 18.1. The number of nitrogens with zero attached hydrogens (tertiary/aromatic N) is 2. The second-order valence-corrected chi connectivity index (χ2v) is 15.9. The highest BCUT2D eigenvalue weighted by atomic mass is 16.7. The maximum atomic E-state index is 11.4. The molecule has 2 saturated heterocycles. The molecule has 0 radical (unpaired) electrons. The van der Waals surface area contributed by atoms with E-state index in [1.807, 2.05) is 6.07 Å². The number of aromatic amines is 1. The molecule has 53 heavy (non-hydrogen) atoms. The van der Waals surface area contributed by atoms with Gasteiger partial charge in [0.05, 0.1) is 37.0 Å². The molecule has 0 bridgehead atoms. The van der Waals surface area contributed by atoms with Crippen LogP contribution in [0.3, 0.4) is 0 Å². The normalized spacial score (nSPS) is 24.4. The summed E-state index contributed by atoms with van der Waals surface area (Å²) in [4.78, 5) is 2.57. The van der Waals surface area contributed by atoms with Gasteiger partial charge < -0.3 is 50.3 Å². The molecule has 2 fully saturated rings. The molecule has 2 aliphatic rings. The van der Waals surface area contributed by atoms with Crippen LogP contribution in [0.1, 0.15) is 159 Å². The average Bonchev–Trinajstić information content (AvgIpc) is 3.64. The van der Waals surface area contributed by atoms with Crippen LogP contribution in [0.15, 0.2) is 6.07 Å². The van der Waals surface area contributed by atoms with Crippen molar-refractivity contribution in [2.45, 2.75) is 197 Å². The zero-order valence-electron chi connectivity index (χ0n) is 33.1. The van der Waals surface area contributed by atoms with Crippen molar-refractivity contribution in [3.8, 4) is 0 Å². The number of piperazine rings is 1. The number of hydrogen-bond acceptors (Lipinski definition) is 11. The summed E-state index contributed by atoms with van der Waals surface area (Å²) in [5.41, 5.74) is 1.50. The zero-order chi connectivity index (χ0) is 38.1. The van der Waals surface area contributed by atoms with Crippen LogP contribution < -0.4 is 5.32 Å². The van der Waals surface area contributed by atoms with Gasteiger partial charge in [-0.1, -0.05) is 122 Å². The Balaban J connectivity index is 1.41. The van der Waals surface area contributed by atoms with Gasteiger partial charge >= 0.3 is 0 Å². The predicted octanol–water partition coefficient (Wildman–Crippen LogP) is 4.69. The molecule has 3 heterocycles. The molecule has 3 rings (SSSR count). The Labute approximate surface area is 320 Å². The molecule has 12 heteroatoms. The fraction of sp³-hybridized carbons (Fsp3) is 0.927. The number of ether oxygens (including phenoxy) is 2. The molecule has 0 aliphatic carbocycles. The van der Waals surface area contributed by atoms with E-state index in [2.05, 4.69) is 27.3 Å². The molecule has 0 amide bonds. The van der Waals surface area contributed by atoms with Gasteiger partial charge in [0.15, 0.2) is 6.29 Å². The number of H-pyrrole nitrogens is 1. The summed E-state index contributed by atoms with van der Waals surface area (Å²) in [7, 11) is 0. The second-order valence-electron chi connectivity index (χ2n) is 15.9. The molecule has 1 aromatic rings. The van der Waals surface area contributed by atoms with E-state index in [9.17, 15) is 30.6 Å². The number of hydrogen-bond donors (Lipinski definition) is 8. The highest BCUT2D eigenvalue weighted by molar-refractivity contribution is 5.16. The number of unbranched alkanes of at least 4 members (excludes halogenated alkanes) is 18. The molecule has 0 aromatic carbocycles. The van der Waals surface area contributed by atoms with Crippen molar-refractivity contribution in [2.24, 2.45) is 0 Å². The van der Waals surface area contributed by atoms with E-state index in [0.29, 0.717) is 12.1 Å².